The van der Waals surface area contributed by atoms with E-state index in [4.69, 9.17) is 16.3 Å². The third-order valence-electron chi connectivity index (χ3n) is 5.38. The normalized spacial score (nSPS) is 11.5. The summed E-state index contributed by atoms with van der Waals surface area (Å²) in [6, 6.07) is 21.8. The van der Waals surface area contributed by atoms with E-state index >= 15 is 0 Å². The Morgan fingerprint density at radius 3 is 2.38 bits per heavy atom. The molecule has 0 radical (unpaired) electrons. The van der Waals surface area contributed by atoms with Crippen LogP contribution in [0.3, 0.4) is 0 Å². The van der Waals surface area contributed by atoms with Crippen LogP contribution in [-0.4, -0.2) is 35.9 Å². The number of hydrogen-bond donors (Lipinski definition) is 1. The van der Waals surface area contributed by atoms with E-state index in [9.17, 15) is 9.59 Å². The Kier molecular flexibility index (Phi) is 9.54. The molecule has 0 spiro atoms. The molecule has 0 bridgehead atoms. The first-order valence-electron chi connectivity index (χ1n) is 11.1. The Morgan fingerprint density at radius 2 is 1.74 bits per heavy atom. The molecule has 0 saturated heterocycles. The number of carbonyl (C=O) groups excluding carboxylic acids is 2. The summed E-state index contributed by atoms with van der Waals surface area (Å²) in [6.45, 7) is 4.37. The molecule has 0 aliphatic heterocycles. The van der Waals surface area contributed by atoms with Crippen LogP contribution >= 0.6 is 27.5 Å². The summed E-state index contributed by atoms with van der Waals surface area (Å²) < 4.78 is 6.78. The summed E-state index contributed by atoms with van der Waals surface area (Å²) in [6.07, 6.45) is 0.392. The van der Waals surface area contributed by atoms with Gasteiger partial charge >= 0.3 is 0 Å². The highest BCUT2D eigenvalue weighted by atomic mass is 79.9. The van der Waals surface area contributed by atoms with Gasteiger partial charge in [0.2, 0.25) is 5.91 Å². The van der Waals surface area contributed by atoms with Crippen molar-refractivity contribution in [2.45, 2.75) is 32.9 Å². The summed E-state index contributed by atoms with van der Waals surface area (Å²) in [5.41, 5.74) is 2.85. The van der Waals surface area contributed by atoms with Gasteiger partial charge in [-0.15, -0.1) is 0 Å². The van der Waals surface area contributed by atoms with E-state index in [1.165, 1.54) is 0 Å². The Labute approximate surface area is 214 Å². The number of aryl methyl sites for hydroxylation is 1. The van der Waals surface area contributed by atoms with E-state index in [1.54, 1.807) is 23.1 Å². The SMILES string of the molecule is CCNC(=O)C(Cc1ccccc1)N(Cc1ccc(Cl)cc1)C(=O)COc1ccc(Br)c(C)c1. The molecule has 0 fully saturated rings. The summed E-state index contributed by atoms with van der Waals surface area (Å²) >= 11 is 9.52. The van der Waals surface area contributed by atoms with Crippen LogP contribution in [0.15, 0.2) is 77.3 Å². The molecule has 0 aliphatic rings. The number of ether oxygens (including phenoxy) is 1. The molecule has 3 rings (SSSR count). The quantitative estimate of drug-likeness (QED) is 0.364. The number of nitrogens with zero attached hydrogens (tertiary/aromatic N) is 1. The highest BCUT2D eigenvalue weighted by Gasteiger charge is 2.30. The number of halogens is 2. The van der Waals surface area contributed by atoms with Gasteiger partial charge in [-0.2, -0.15) is 0 Å². The van der Waals surface area contributed by atoms with Gasteiger partial charge in [0.05, 0.1) is 0 Å². The van der Waals surface area contributed by atoms with E-state index < -0.39 is 6.04 Å². The zero-order chi connectivity index (χ0) is 24.5. The number of hydrogen-bond acceptors (Lipinski definition) is 3. The Morgan fingerprint density at radius 1 is 1.03 bits per heavy atom. The zero-order valence-electron chi connectivity index (χ0n) is 19.3. The molecule has 0 heterocycles. The fourth-order valence-corrected chi connectivity index (χ4v) is 3.94. The fourth-order valence-electron chi connectivity index (χ4n) is 3.57. The lowest BCUT2D eigenvalue weighted by Crippen LogP contribution is -2.51. The van der Waals surface area contributed by atoms with Crippen LogP contribution in [0.25, 0.3) is 0 Å². The summed E-state index contributed by atoms with van der Waals surface area (Å²) in [4.78, 5) is 28.2. The van der Waals surface area contributed by atoms with Crippen molar-refractivity contribution >= 4 is 39.3 Å². The average molecular weight is 544 g/mol. The van der Waals surface area contributed by atoms with Gasteiger partial charge in [0.15, 0.2) is 6.61 Å². The molecule has 0 saturated carbocycles. The molecule has 178 valence electrons. The van der Waals surface area contributed by atoms with Crippen LogP contribution < -0.4 is 10.1 Å². The van der Waals surface area contributed by atoms with Crippen molar-refractivity contribution in [3.8, 4) is 5.75 Å². The summed E-state index contributed by atoms with van der Waals surface area (Å²) in [7, 11) is 0. The van der Waals surface area contributed by atoms with E-state index in [0.29, 0.717) is 23.7 Å². The molecular weight excluding hydrogens is 516 g/mol. The van der Waals surface area contributed by atoms with Crippen molar-refractivity contribution in [1.29, 1.82) is 0 Å². The maximum absolute atomic E-state index is 13.5. The largest absolute Gasteiger partial charge is 0.484 e. The number of amides is 2. The monoisotopic (exact) mass is 542 g/mol. The van der Waals surface area contributed by atoms with Crippen molar-refractivity contribution in [1.82, 2.24) is 10.2 Å². The van der Waals surface area contributed by atoms with E-state index in [-0.39, 0.29) is 25.0 Å². The molecule has 1 N–H and O–H groups in total. The first-order chi connectivity index (χ1) is 16.4. The number of nitrogens with one attached hydrogen (secondary N) is 1. The van der Waals surface area contributed by atoms with Crippen molar-refractivity contribution in [3.05, 3.63) is 99.0 Å². The first-order valence-corrected chi connectivity index (χ1v) is 12.3. The van der Waals surface area contributed by atoms with Crippen LogP contribution in [0.2, 0.25) is 5.02 Å². The van der Waals surface area contributed by atoms with Crippen molar-refractivity contribution < 1.29 is 14.3 Å². The third kappa shape index (κ3) is 7.34. The number of rotatable bonds is 10. The number of carbonyl (C=O) groups is 2. The molecule has 3 aromatic carbocycles. The molecular formula is C27H28BrClN2O3. The summed E-state index contributed by atoms with van der Waals surface area (Å²) in [5.74, 6) is 0.119. The molecule has 3 aromatic rings. The van der Waals surface area contributed by atoms with E-state index in [1.807, 2.05) is 68.4 Å². The fraction of sp³-hybridized carbons (Fsp3) is 0.259. The van der Waals surface area contributed by atoms with Gasteiger partial charge in [0.25, 0.3) is 5.91 Å². The lowest BCUT2D eigenvalue weighted by Gasteiger charge is -2.31. The van der Waals surface area contributed by atoms with Gasteiger partial charge in [-0.3, -0.25) is 9.59 Å². The molecule has 0 aromatic heterocycles. The van der Waals surface area contributed by atoms with Crippen LogP contribution in [0.4, 0.5) is 0 Å². The number of likely N-dealkylation sites (N-methyl/N-ethyl adjacent to an activating group) is 1. The Bertz CT molecular complexity index is 1110. The zero-order valence-corrected chi connectivity index (χ0v) is 21.6. The summed E-state index contributed by atoms with van der Waals surface area (Å²) in [5, 5.41) is 3.49. The average Bonchev–Trinajstić information content (AvgIpc) is 2.84. The molecule has 5 nitrogen and oxygen atoms in total. The third-order valence-corrected chi connectivity index (χ3v) is 6.52. The van der Waals surface area contributed by atoms with Crippen molar-refractivity contribution in [3.63, 3.8) is 0 Å². The second-order valence-electron chi connectivity index (χ2n) is 7.95. The van der Waals surface area contributed by atoms with Gasteiger partial charge in [0.1, 0.15) is 11.8 Å². The van der Waals surface area contributed by atoms with Gasteiger partial charge in [-0.1, -0.05) is 70.0 Å². The van der Waals surface area contributed by atoms with Crippen LogP contribution in [-0.2, 0) is 22.6 Å². The van der Waals surface area contributed by atoms with E-state index in [0.717, 1.165) is 21.2 Å². The topological polar surface area (TPSA) is 58.6 Å². The lowest BCUT2D eigenvalue weighted by atomic mass is 10.0. The van der Waals surface area contributed by atoms with Crippen LogP contribution in [0.1, 0.15) is 23.6 Å². The Hall–Kier alpha value is -2.83. The molecule has 2 amide bonds. The molecule has 34 heavy (non-hydrogen) atoms. The van der Waals surface area contributed by atoms with Gasteiger partial charge in [-0.25, -0.2) is 0 Å². The van der Waals surface area contributed by atoms with Crippen molar-refractivity contribution in [2.75, 3.05) is 13.2 Å². The molecule has 7 heteroatoms. The first kappa shape index (κ1) is 25.8. The smallest absolute Gasteiger partial charge is 0.261 e. The maximum atomic E-state index is 13.5. The van der Waals surface area contributed by atoms with Crippen LogP contribution in [0.5, 0.6) is 5.75 Å². The van der Waals surface area contributed by atoms with Crippen LogP contribution in [0, 0.1) is 6.92 Å². The predicted molar refractivity (Wildman–Crippen MR) is 139 cm³/mol. The Balaban J connectivity index is 1.88. The van der Waals surface area contributed by atoms with Gasteiger partial charge < -0.3 is 15.0 Å². The molecule has 1 unspecified atom stereocenters. The predicted octanol–water partition coefficient (Wildman–Crippen LogP) is 5.57. The minimum Gasteiger partial charge on any atom is -0.484 e. The minimum atomic E-state index is -0.694. The van der Waals surface area contributed by atoms with Gasteiger partial charge in [0, 0.05) is 29.0 Å². The molecule has 1 atom stereocenters. The highest BCUT2D eigenvalue weighted by Crippen LogP contribution is 2.22. The second-order valence-corrected chi connectivity index (χ2v) is 9.24. The standard InChI is InChI=1S/C27H28BrClN2O3/c1-3-30-27(33)25(16-20-7-5-4-6-8-20)31(17-21-9-11-22(29)12-10-21)26(32)18-34-23-13-14-24(28)19(2)15-23/h4-15,25H,3,16-18H2,1-2H3,(H,30,33). The van der Waals surface area contributed by atoms with Crippen molar-refractivity contribution in [2.24, 2.45) is 0 Å². The second kappa shape index (κ2) is 12.6. The van der Waals surface area contributed by atoms with E-state index in [2.05, 4.69) is 21.2 Å². The maximum Gasteiger partial charge on any atom is 0.261 e. The number of benzene rings is 3. The van der Waals surface area contributed by atoms with Gasteiger partial charge in [-0.05, 0) is 60.9 Å². The lowest BCUT2D eigenvalue weighted by molar-refractivity contribution is -0.142. The molecule has 0 aliphatic carbocycles. The highest BCUT2D eigenvalue weighted by molar-refractivity contribution is 9.10. The minimum absolute atomic E-state index is 0.181.